The van der Waals surface area contributed by atoms with Crippen molar-refractivity contribution in [2.45, 2.75) is 51.9 Å². The van der Waals surface area contributed by atoms with Crippen LogP contribution in [0.4, 0.5) is 0 Å². The summed E-state index contributed by atoms with van der Waals surface area (Å²) in [6, 6.07) is 3.05. The van der Waals surface area contributed by atoms with E-state index in [2.05, 4.69) is 24.4 Å². The molecule has 142 valence electrons. The summed E-state index contributed by atoms with van der Waals surface area (Å²) in [5.41, 5.74) is 4.05. The maximum atomic E-state index is 10.6. The SMILES string of the molecule is C=C(C)[C@H]1CCC(C)=C[C@@H]1c1c(O)cc(O)cc1CCCCO[N+](=O)[O-]. The van der Waals surface area contributed by atoms with Crippen molar-refractivity contribution >= 4 is 0 Å². The summed E-state index contributed by atoms with van der Waals surface area (Å²) in [5, 5.41) is 29.9. The van der Waals surface area contributed by atoms with Crippen molar-refractivity contribution in [1.29, 1.82) is 0 Å². The van der Waals surface area contributed by atoms with Crippen LogP contribution < -0.4 is 0 Å². The molecule has 0 bridgehead atoms. The molecular weight excluding hydrogens is 334 g/mol. The van der Waals surface area contributed by atoms with Crippen LogP contribution in [0, 0.1) is 16.0 Å². The summed E-state index contributed by atoms with van der Waals surface area (Å²) in [5.74, 6) is 0.368. The van der Waals surface area contributed by atoms with Crippen LogP contribution in [0.3, 0.4) is 0 Å². The van der Waals surface area contributed by atoms with E-state index in [9.17, 15) is 20.3 Å². The maximum Gasteiger partial charge on any atom is 0.294 e. The van der Waals surface area contributed by atoms with Crippen LogP contribution in [-0.4, -0.2) is 21.9 Å². The fourth-order valence-electron chi connectivity index (χ4n) is 3.73. The topological polar surface area (TPSA) is 92.8 Å². The summed E-state index contributed by atoms with van der Waals surface area (Å²) in [7, 11) is 0. The third-order valence-corrected chi connectivity index (χ3v) is 4.98. The average Bonchev–Trinajstić information content (AvgIpc) is 2.53. The van der Waals surface area contributed by atoms with E-state index in [4.69, 9.17) is 0 Å². The van der Waals surface area contributed by atoms with Crippen LogP contribution in [0.5, 0.6) is 11.5 Å². The Bertz CT molecular complexity index is 710. The van der Waals surface area contributed by atoms with E-state index in [-0.39, 0.29) is 29.9 Å². The predicted octanol–water partition coefficient (Wildman–Crippen LogP) is 4.64. The third kappa shape index (κ3) is 5.00. The number of nitrogens with zero attached hydrogens (tertiary/aromatic N) is 1. The van der Waals surface area contributed by atoms with Gasteiger partial charge in [0.05, 0.1) is 6.61 Å². The average molecular weight is 361 g/mol. The highest BCUT2D eigenvalue weighted by molar-refractivity contribution is 5.50. The van der Waals surface area contributed by atoms with Crippen molar-refractivity contribution in [2.24, 2.45) is 5.92 Å². The van der Waals surface area contributed by atoms with Crippen molar-refractivity contribution < 1.29 is 20.1 Å². The highest BCUT2D eigenvalue weighted by atomic mass is 16.9. The van der Waals surface area contributed by atoms with E-state index < -0.39 is 5.09 Å². The molecule has 0 heterocycles. The van der Waals surface area contributed by atoms with Gasteiger partial charge in [0.2, 0.25) is 0 Å². The number of aryl methyl sites for hydroxylation is 1. The predicted molar refractivity (Wildman–Crippen MR) is 99.7 cm³/mol. The van der Waals surface area contributed by atoms with Gasteiger partial charge in [-0.1, -0.05) is 23.8 Å². The molecule has 0 aliphatic heterocycles. The molecule has 0 aromatic heterocycles. The molecule has 0 amide bonds. The monoisotopic (exact) mass is 361 g/mol. The van der Waals surface area contributed by atoms with Gasteiger partial charge in [-0.05, 0) is 63.5 Å². The molecule has 0 unspecified atom stereocenters. The number of phenolic OH excluding ortho intramolecular Hbond substituents is 2. The van der Waals surface area contributed by atoms with Gasteiger partial charge in [-0.3, -0.25) is 0 Å². The molecular formula is C20H27NO5. The number of hydrogen-bond acceptors (Lipinski definition) is 5. The molecule has 0 saturated carbocycles. The molecule has 1 aliphatic rings. The molecule has 0 spiro atoms. The minimum atomic E-state index is -0.793. The lowest BCUT2D eigenvalue weighted by atomic mass is 9.72. The van der Waals surface area contributed by atoms with Crippen LogP contribution >= 0.6 is 0 Å². The number of hydrogen-bond donors (Lipinski definition) is 2. The van der Waals surface area contributed by atoms with Crippen LogP contribution in [0.15, 0.2) is 35.9 Å². The minimum absolute atomic E-state index is 0.0196. The molecule has 0 radical (unpaired) electrons. The fourth-order valence-corrected chi connectivity index (χ4v) is 3.73. The first-order chi connectivity index (χ1) is 12.3. The molecule has 1 aromatic rings. The van der Waals surface area contributed by atoms with E-state index in [0.29, 0.717) is 19.3 Å². The van der Waals surface area contributed by atoms with Crippen molar-refractivity contribution in [3.8, 4) is 11.5 Å². The molecule has 2 rings (SSSR count). The van der Waals surface area contributed by atoms with Crippen molar-refractivity contribution in [1.82, 2.24) is 0 Å². The van der Waals surface area contributed by atoms with Gasteiger partial charge >= 0.3 is 0 Å². The van der Waals surface area contributed by atoms with Crippen LogP contribution in [0.1, 0.15) is 56.6 Å². The molecule has 1 aromatic carbocycles. The van der Waals surface area contributed by atoms with Crippen molar-refractivity contribution in [2.75, 3.05) is 6.61 Å². The summed E-state index contributed by atoms with van der Waals surface area (Å²) < 4.78 is 0. The molecule has 6 nitrogen and oxygen atoms in total. The van der Waals surface area contributed by atoms with Crippen molar-refractivity contribution in [3.63, 3.8) is 0 Å². The Morgan fingerprint density at radius 1 is 1.38 bits per heavy atom. The van der Waals surface area contributed by atoms with Gasteiger partial charge in [0.1, 0.15) is 11.5 Å². The van der Waals surface area contributed by atoms with Gasteiger partial charge in [0, 0.05) is 17.5 Å². The Kier molecular flexibility index (Phi) is 6.66. The van der Waals surface area contributed by atoms with Gasteiger partial charge < -0.3 is 15.1 Å². The molecule has 2 N–H and O–H groups in total. The molecule has 26 heavy (non-hydrogen) atoms. The molecule has 1 aliphatic carbocycles. The van der Waals surface area contributed by atoms with Gasteiger partial charge in [-0.25, -0.2) is 0 Å². The number of unbranched alkanes of at least 4 members (excludes halogenated alkanes) is 1. The van der Waals surface area contributed by atoms with Crippen molar-refractivity contribution in [3.05, 3.63) is 57.2 Å². The Morgan fingerprint density at radius 3 is 2.77 bits per heavy atom. The lowest BCUT2D eigenvalue weighted by molar-refractivity contribution is -0.757. The van der Waals surface area contributed by atoms with Crippen LogP contribution in [0.2, 0.25) is 0 Å². The molecule has 2 atom stereocenters. The maximum absolute atomic E-state index is 10.6. The summed E-state index contributed by atoms with van der Waals surface area (Å²) in [6.07, 6.45) is 5.98. The van der Waals surface area contributed by atoms with Gasteiger partial charge in [-0.15, -0.1) is 10.1 Å². The number of rotatable bonds is 8. The summed E-state index contributed by atoms with van der Waals surface area (Å²) in [4.78, 5) is 14.6. The number of phenols is 2. The number of allylic oxidation sites excluding steroid dienone is 3. The minimum Gasteiger partial charge on any atom is -0.508 e. The second-order valence-electron chi connectivity index (χ2n) is 7.08. The summed E-state index contributed by atoms with van der Waals surface area (Å²) in [6.45, 7) is 8.27. The highest BCUT2D eigenvalue weighted by Crippen LogP contribution is 2.45. The first kappa shape index (κ1) is 19.8. The zero-order valence-corrected chi connectivity index (χ0v) is 15.4. The van der Waals surface area contributed by atoms with Crippen LogP contribution in [-0.2, 0) is 11.3 Å². The van der Waals surface area contributed by atoms with Gasteiger partial charge in [0.15, 0.2) is 0 Å². The van der Waals surface area contributed by atoms with E-state index in [0.717, 1.165) is 29.5 Å². The lowest BCUT2D eigenvalue weighted by Crippen LogP contribution is -2.18. The van der Waals surface area contributed by atoms with E-state index >= 15 is 0 Å². The number of benzene rings is 1. The first-order valence-electron chi connectivity index (χ1n) is 8.94. The Balaban J connectivity index is 2.27. The van der Waals surface area contributed by atoms with E-state index in [1.54, 1.807) is 6.07 Å². The summed E-state index contributed by atoms with van der Waals surface area (Å²) >= 11 is 0. The van der Waals surface area contributed by atoms with E-state index in [1.165, 1.54) is 11.6 Å². The quantitative estimate of drug-likeness (QED) is 0.304. The smallest absolute Gasteiger partial charge is 0.294 e. The standard InChI is InChI=1S/C20H27NO5/c1-13(2)17-8-7-14(3)10-18(17)20-15(11-16(22)12-19(20)23)6-4-5-9-26-21(24)25/h10-12,17-18,22-23H,1,4-9H2,2-3H3/t17-,18+/m1/s1. The molecule has 6 heteroatoms. The first-order valence-corrected chi connectivity index (χ1v) is 8.94. The third-order valence-electron chi connectivity index (χ3n) is 4.98. The second kappa shape index (κ2) is 8.74. The zero-order chi connectivity index (χ0) is 19.3. The largest absolute Gasteiger partial charge is 0.508 e. The molecule has 0 saturated heterocycles. The molecule has 0 fully saturated rings. The van der Waals surface area contributed by atoms with Gasteiger partial charge in [0.25, 0.3) is 5.09 Å². The fraction of sp³-hybridized carbons (Fsp3) is 0.500. The number of aromatic hydroxyl groups is 2. The van der Waals surface area contributed by atoms with Crippen LogP contribution in [0.25, 0.3) is 0 Å². The Hall–Kier alpha value is -2.50. The normalized spacial score (nSPS) is 19.7. The Labute approximate surface area is 153 Å². The zero-order valence-electron chi connectivity index (χ0n) is 15.4. The lowest BCUT2D eigenvalue weighted by Gasteiger charge is -2.32. The highest BCUT2D eigenvalue weighted by Gasteiger charge is 2.29. The van der Waals surface area contributed by atoms with E-state index in [1.807, 2.05) is 6.92 Å². The second-order valence-corrected chi connectivity index (χ2v) is 7.08. The van der Waals surface area contributed by atoms with Gasteiger partial charge in [-0.2, -0.15) is 0 Å². The Morgan fingerprint density at radius 2 is 2.12 bits per heavy atom.